The van der Waals surface area contributed by atoms with E-state index in [0.29, 0.717) is 4.75 Å². The SMILES string of the molecule is Oc1ccc2nc(-c3cnc[nH]3)n(CCC34CC3C=CS4)c2c1. The van der Waals surface area contributed by atoms with Gasteiger partial charge in [0.2, 0.25) is 0 Å². The molecule has 3 aromatic rings. The molecule has 116 valence electrons. The minimum atomic E-state index is 0.272. The van der Waals surface area contributed by atoms with Crippen LogP contribution >= 0.6 is 11.8 Å². The number of rotatable bonds is 4. The Morgan fingerprint density at radius 1 is 1.43 bits per heavy atom. The quantitative estimate of drug-likeness (QED) is 0.770. The Morgan fingerprint density at radius 2 is 2.39 bits per heavy atom. The van der Waals surface area contributed by atoms with E-state index in [4.69, 9.17) is 4.98 Å². The highest BCUT2D eigenvalue weighted by Gasteiger charge is 2.54. The van der Waals surface area contributed by atoms with Crippen LogP contribution < -0.4 is 0 Å². The molecule has 0 spiro atoms. The van der Waals surface area contributed by atoms with Gasteiger partial charge >= 0.3 is 0 Å². The number of aromatic hydroxyl groups is 1. The van der Waals surface area contributed by atoms with Crippen LogP contribution in [0.15, 0.2) is 42.2 Å². The van der Waals surface area contributed by atoms with E-state index in [1.807, 2.05) is 17.8 Å². The maximum absolute atomic E-state index is 9.86. The van der Waals surface area contributed by atoms with E-state index in [9.17, 15) is 5.11 Å². The molecule has 5 nitrogen and oxygen atoms in total. The van der Waals surface area contributed by atoms with E-state index in [1.165, 1.54) is 6.42 Å². The third-order valence-electron chi connectivity index (χ3n) is 4.92. The first-order valence-corrected chi connectivity index (χ1v) is 8.66. The minimum absolute atomic E-state index is 0.272. The second-order valence-electron chi connectivity index (χ2n) is 6.30. The zero-order valence-electron chi connectivity index (χ0n) is 12.4. The Bertz CT molecular complexity index is 914. The number of aryl methyl sites for hydroxylation is 1. The van der Waals surface area contributed by atoms with Gasteiger partial charge in [-0.25, -0.2) is 9.97 Å². The first kappa shape index (κ1) is 13.2. The van der Waals surface area contributed by atoms with Crippen LogP contribution in [0, 0.1) is 5.92 Å². The molecule has 2 N–H and O–H groups in total. The van der Waals surface area contributed by atoms with Crippen molar-refractivity contribution in [3.63, 3.8) is 0 Å². The summed E-state index contributed by atoms with van der Waals surface area (Å²) in [7, 11) is 0. The Balaban J connectivity index is 1.57. The number of phenolic OH excluding ortho intramolecular Hbond substituents is 1. The summed E-state index contributed by atoms with van der Waals surface area (Å²) in [6, 6.07) is 5.35. The second-order valence-corrected chi connectivity index (χ2v) is 7.62. The molecule has 1 aromatic carbocycles. The van der Waals surface area contributed by atoms with Gasteiger partial charge in [0, 0.05) is 17.4 Å². The van der Waals surface area contributed by atoms with Gasteiger partial charge in [0.25, 0.3) is 0 Å². The molecule has 3 heterocycles. The number of aromatic nitrogens is 4. The van der Waals surface area contributed by atoms with E-state index < -0.39 is 0 Å². The fourth-order valence-electron chi connectivity index (χ4n) is 3.53. The van der Waals surface area contributed by atoms with Crippen molar-refractivity contribution in [2.24, 2.45) is 5.92 Å². The van der Waals surface area contributed by atoms with Gasteiger partial charge in [0.1, 0.15) is 11.4 Å². The van der Waals surface area contributed by atoms with Crippen LogP contribution in [0.2, 0.25) is 0 Å². The average Bonchev–Trinajstić information content (AvgIpc) is 3.01. The Hall–Kier alpha value is -2.21. The van der Waals surface area contributed by atoms with Crippen LogP contribution in [-0.4, -0.2) is 29.4 Å². The summed E-state index contributed by atoms with van der Waals surface area (Å²) in [5, 5.41) is 12.1. The zero-order chi connectivity index (χ0) is 15.4. The zero-order valence-corrected chi connectivity index (χ0v) is 13.3. The number of benzene rings is 1. The number of phenols is 1. The third kappa shape index (κ3) is 2.01. The normalized spacial score (nSPS) is 25.1. The minimum Gasteiger partial charge on any atom is -0.508 e. The van der Waals surface area contributed by atoms with Gasteiger partial charge in [-0.05, 0) is 36.3 Å². The standard InChI is InChI=1S/C17H16N4OS/c22-12-1-2-13-15(7-12)21(16(20-13)14-9-18-10-19-14)5-4-17-8-11(17)3-6-23-17/h1-3,6-7,9-11,22H,4-5,8H2,(H,18,19). The van der Waals surface area contributed by atoms with Gasteiger partial charge in [-0.2, -0.15) is 0 Å². The molecule has 1 aliphatic heterocycles. The molecule has 2 unspecified atom stereocenters. The molecule has 2 aromatic heterocycles. The fraction of sp³-hybridized carbons (Fsp3) is 0.294. The van der Waals surface area contributed by atoms with Crippen molar-refractivity contribution in [1.29, 1.82) is 0 Å². The molecule has 1 aliphatic carbocycles. The Kier molecular flexibility index (Phi) is 2.68. The summed E-state index contributed by atoms with van der Waals surface area (Å²) in [6.07, 6.45) is 8.19. The number of aromatic amines is 1. The van der Waals surface area contributed by atoms with Crippen molar-refractivity contribution in [3.05, 3.63) is 42.2 Å². The maximum Gasteiger partial charge on any atom is 0.159 e. The lowest BCUT2D eigenvalue weighted by molar-refractivity contribution is 0.475. The highest BCUT2D eigenvalue weighted by molar-refractivity contribution is 8.04. The van der Waals surface area contributed by atoms with E-state index in [-0.39, 0.29) is 5.75 Å². The van der Waals surface area contributed by atoms with Crippen LogP contribution in [0.25, 0.3) is 22.6 Å². The molecule has 0 bridgehead atoms. The molecular weight excluding hydrogens is 308 g/mol. The topological polar surface area (TPSA) is 66.7 Å². The van der Waals surface area contributed by atoms with Gasteiger partial charge in [-0.3, -0.25) is 0 Å². The van der Waals surface area contributed by atoms with Crippen LogP contribution in [-0.2, 0) is 6.54 Å². The van der Waals surface area contributed by atoms with Gasteiger partial charge in [-0.1, -0.05) is 6.08 Å². The summed E-state index contributed by atoms with van der Waals surface area (Å²) in [5.74, 6) is 1.90. The van der Waals surface area contributed by atoms with E-state index in [0.717, 1.165) is 41.4 Å². The third-order valence-corrected chi connectivity index (χ3v) is 6.36. The van der Waals surface area contributed by atoms with Crippen molar-refractivity contribution in [2.75, 3.05) is 0 Å². The first-order chi connectivity index (χ1) is 11.3. The van der Waals surface area contributed by atoms with E-state index >= 15 is 0 Å². The lowest BCUT2D eigenvalue weighted by Gasteiger charge is -2.14. The van der Waals surface area contributed by atoms with Gasteiger partial charge in [0.05, 0.1) is 23.6 Å². The van der Waals surface area contributed by atoms with Crippen molar-refractivity contribution in [3.8, 4) is 17.3 Å². The van der Waals surface area contributed by atoms with Gasteiger partial charge in [-0.15, -0.1) is 11.8 Å². The van der Waals surface area contributed by atoms with E-state index in [2.05, 4.69) is 26.0 Å². The number of H-pyrrole nitrogens is 1. The van der Waals surface area contributed by atoms with Crippen LogP contribution in [0.5, 0.6) is 5.75 Å². The van der Waals surface area contributed by atoms with Crippen molar-refractivity contribution >= 4 is 22.8 Å². The number of thioether (sulfide) groups is 1. The summed E-state index contributed by atoms with van der Waals surface area (Å²) < 4.78 is 2.60. The number of imidazole rings is 2. The molecule has 1 fully saturated rings. The van der Waals surface area contributed by atoms with Crippen LogP contribution in [0.4, 0.5) is 0 Å². The molecular formula is C17H16N4OS. The van der Waals surface area contributed by atoms with Crippen LogP contribution in [0.3, 0.4) is 0 Å². The Labute approximate surface area is 137 Å². The number of allylic oxidation sites excluding steroid dienone is 1. The fourth-order valence-corrected chi connectivity index (χ4v) is 4.81. The smallest absolute Gasteiger partial charge is 0.159 e. The first-order valence-electron chi connectivity index (χ1n) is 7.78. The molecule has 0 amide bonds. The largest absolute Gasteiger partial charge is 0.508 e. The lowest BCUT2D eigenvalue weighted by atomic mass is 10.2. The average molecular weight is 324 g/mol. The predicted molar refractivity (Wildman–Crippen MR) is 91.2 cm³/mol. The van der Waals surface area contributed by atoms with Gasteiger partial charge in [0.15, 0.2) is 5.82 Å². The predicted octanol–water partition coefficient (Wildman–Crippen LogP) is 3.54. The lowest BCUT2D eigenvalue weighted by Crippen LogP contribution is -2.10. The number of nitrogens with zero attached hydrogens (tertiary/aromatic N) is 3. The molecule has 0 radical (unpaired) electrons. The number of fused-ring (bicyclic) bond motifs is 2. The number of hydrogen-bond donors (Lipinski definition) is 2. The highest BCUT2D eigenvalue weighted by atomic mass is 32.2. The van der Waals surface area contributed by atoms with Crippen LogP contribution in [0.1, 0.15) is 12.8 Å². The molecule has 0 saturated heterocycles. The molecule has 23 heavy (non-hydrogen) atoms. The Morgan fingerprint density at radius 3 is 3.13 bits per heavy atom. The molecule has 2 aliphatic rings. The van der Waals surface area contributed by atoms with Gasteiger partial charge < -0.3 is 14.7 Å². The van der Waals surface area contributed by atoms with Crippen molar-refractivity contribution in [1.82, 2.24) is 19.5 Å². The molecule has 2 atom stereocenters. The number of hydrogen-bond acceptors (Lipinski definition) is 4. The van der Waals surface area contributed by atoms with Crippen molar-refractivity contribution in [2.45, 2.75) is 24.1 Å². The molecule has 1 saturated carbocycles. The summed E-state index contributed by atoms with van der Waals surface area (Å²) in [4.78, 5) is 12.0. The molecule has 6 heteroatoms. The second kappa shape index (κ2) is 4.64. The summed E-state index contributed by atoms with van der Waals surface area (Å²) >= 11 is 1.97. The maximum atomic E-state index is 9.86. The molecule has 5 rings (SSSR count). The van der Waals surface area contributed by atoms with Crippen molar-refractivity contribution < 1.29 is 5.11 Å². The van der Waals surface area contributed by atoms with E-state index in [1.54, 1.807) is 24.7 Å². The summed E-state index contributed by atoms with van der Waals surface area (Å²) in [5.41, 5.74) is 2.77. The monoisotopic (exact) mass is 324 g/mol. The summed E-state index contributed by atoms with van der Waals surface area (Å²) in [6.45, 7) is 0.888. The number of nitrogens with one attached hydrogen (secondary N) is 1. The highest BCUT2D eigenvalue weighted by Crippen LogP contribution is 2.62.